The molecule has 0 bridgehead atoms. The second kappa shape index (κ2) is 8.65. The Hall–Kier alpha value is -2.87. The van der Waals surface area contributed by atoms with E-state index in [1.54, 1.807) is 35.2 Å². The molecule has 5 nitrogen and oxygen atoms in total. The molecule has 0 unspecified atom stereocenters. The third-order valence-corrected chi connectivity index (χ3v) is 5.02. The number of benzene rings is 2. The van der Waals surface area contributed by atoms with E-state index in [0.717, 1.165) is 11.0 Å². The van der Waals surface area contributed by atoms with Gasteiger partial charge in [-0.05, 0) is 36.4 Å². The molecule has 0 aromatic heterocycles. The summed E-state index contributed by atoms with van der Waals surface area (Å²) in [7, 11) is 1.29. The van der Waals surface area contributed by atoms with Gasteiger partial charge in [-0.2, -0.15) is 13.2 Å². The van der Waals surface area contributed by atoms with Gasteiger partial charge in [0.15, 0.2) is 0 Å². The molecule has 1 aliphatic rings. The summed E-state index contributed by atoms with van der Waals surface area (Å²) in [5.74, 6) is -0.588. The van der Waals surface area contributed by atoms with Gasteiger partial charge < -0.3 is 14.5 Å². The van der Waals surface area contributed by atoms with Crippen LogP contribution in [0.5, 0.6) is 0 Å². The Bertz CT molecular complexity index is 873. The first-order valence-corrected chi connectivity index (χ1v) is 9.25. The zero-order chi connectivity index (χ0) is 21.0. The number of alkyl halides is 3. The van der Waals surface area contributed by atoms with Crippen LogP contribution in [0.3, 0.4) is 0 Å². The number of ether oxygens (including phenoxy) is 1. The van der Waals surface area contributed by atoms with Crippen molar-refractivity contribution in [3.8, 4) is 0 Å². The molecule has 0 atom stereocenters. The lowest BCUT2D eigenvalue weighted by Gasteiger charge is -2.32. The summed E-state index contributed by atoms with van der Waals surface area (Å²) >= 11 is 0. The number of quaternary nitrogens is 1. The summed E-state index contributed by atoms with van der Waals surface area (Å²) in [6.45, 7) is 2.84. The third kappa shape index (κ3) is 5.14. The molecule has 0 spiro atoms. The number of hydrogen-bond donors (Lipinski definition) is 1. The van der Waals surface area contributed by atoms with E-state index in [9.17, 15) is 22.8 Å². The van der Waals surface area contributed by atoms with Crippen LogP contribution in [0, 0.1) is 0 Å². The van der Waals surface area contributed by atoms with Crippen molar-refractivity contribution in [2.45, 2.75) is 12.7 Å². The van der Waals surface area contributed by atoms with Gasteiger partial charge in [0.25, 0.3) is 5.91 Å². The molecule has 1 saturated heterocycles. The first kappa shape index (κ1) is 20.9. The van der Waals surface area contributed by atoms with Gasteiger partial charge in [0.1, 0.15) is 6.54 Å². The Balaban J connectivity index is 1.56. The summed E-state index contributed by atoms with van der Waals surface area (Å²) in [4.78, 5) is 27.0. The average molecular weight is 407 g/mol. The molecule has 1 aliphatic heterocycles. The molecule has 154 valence electrons. The van der Waals surface area contributed by atoms with Crippen LogP contribution < -0.4 is 4.90 Å². The Morgan fingerprint density at radius 3 is 2.24 bits per heavy atom. The van der Waals surface area contributed by atoms with E-state index in [1.807, 2.05) is 0 Å². The van der Waals surface area contributed by atoms with Crippen LogP contribution in [0.2, 0.25) is 0 Å². The maximum atomic E-state index is 12.9. The molecular formula is C21H22F3N2O3+. The summed E-state index contributed by atoms with van der Waals surface area (Å²) in [5, 5.41) is 0. The van der Waals surface area contributed by atoms with Crippen LogP contribution in [0.15, 0.2) is 48.5 Å². The predicted octanol–water partition coefficient (Wildman–Crippen LogP) is 2.03. The summed E-state index contributed by atoms with van der Waals surface area (Å²) in [6, 6.07) is 11.7. The zero-order valence-electron chi connectivity index (χ0n) is 16.0. The fourth-order valence-electron chi connectivity index (χ4n) is 3.40. The molecule has 29 heavy (non-hydrogen) atoms. The van der Waals surface area contributed by atoms with E-state index in [1.165, 1.54) is 19.2 Å². The van der Waals surface area contributed by atoms with Crippen LogP contribution in [0.1, 0.15) is 31.8 Å². The number of methoxy groups -OCH3 is 1. The van der Waals surface area contributed by atoms with Gasteiger partial charge >= 0.3 is 12.1 Å². The molecule has 0 radical (unpaired) electrons. The van der Waals surface area contributed by atoms with Gasteiger partial charge in [-0.3, -0.25) is 4.79 Å². The Morgan fingerprint density at radius 2 is 1.66 bits per heavy atom. The smallest absolute Gasteiger partial charge is 0.416 e. The lowest BCUT2D eigenvalue weighted by atomic mass is 10.1. The van der Waals surface area contributed by atoms with Gasteiger partial charge in [0.05, 0.1) is 44.4 Å². The Morgan fingerprint density at radius 1 is 1.03 bits per heavy atom. The fourth-order valence-corrected chi connectivity index (χ4v) is 3.40. The molecule has 3 rings (SSSR count). The summed E-state index contributed by atoms with van der Waals surface area (Å²) in [5.41, 5.74) is 0.852. The van der Waals surface area contributed by atoms with Crippen LogP contribution in [-0.2, 0) is 17.5 Å². The SMILES string of the molecule is COC(=O)c1ccc(C(=O)N2CC[NH+](Cc3cccc(C(F)(F)F)c3)CC2)cc1. The number of nitrogens with one attached hydrogen (secondary N) is 1. The number of piperazine rings is 1. The zero-order valence-corrected chi connectivity index (χ0v) is 16.0. The van der Waals surface area contributed by atoms with Crippen LogP contribution in [0.4, 0.5) is 13.2 Å². The topological polar surface area (TPSA) is 51.1 Å². The minimum Gasteiger partial charge on any atom is -0.465 e. The first-order valence-electron chi connectivity index (χ1n) is 9.25. The van der Waals surface area contributed by atoms with E-state index in [4.69, 9.17) is 0 Å². The van der Waals surface area contributed by atoms with Crippen molar-refractivity contribution in [1.29, 1.82) is 0 Å². The summed E-state index contributed by atoms with van der Waals surface area (Å²) < 4.78 is 43.2. The third-order valence-electron chi connectivity index (χ3n) is 5.02. The fraction of sp³-hybridized carbons (Fsp3) is 0.333. The number of carbonyl (C=O) groups is 2. The van der Waals surface area contributed by atoms with Crippen molar-refractivity contribution >= 4 is 11.9 Å². The Labute approximate surface area is 166 Å². The number of rotatable bonds is 4. The van der Waals surface area contributed by atoms with Gasteiger partial charge in [-0.1, -0.05) is 12.1 Å². The average Bonchev–Trinajstić information content (AvgIpc) is 2.73. The highest BCUT2D eigenvalue weighted by Crippen LogP contribution is 2.29. The summed E-state index contributed by atoms with van der Waals surface area (Å²) in [6.07, 6.45) is -4.35. The molecule has 1 amide bonds. The highest BCUT2D eigenvalue weighted by Gasteiger charge is 2.31. The first-order chi connectivity index (χ1) is 13.8. The number of hydrogen-bond acceptors (Lipinski definition) is 3. The van der Waals surface area contributed by atoms with E-state index >= 15 is 0 Å². The molecule has 0 aliphatic carbocycles. The minimum absolute atomic E-state index is 0.125. The van der Waals surface area contributed by atoms with E-state index in [2.05, 4.69) is 4.74 Å². The molecule has 1 heterocycles. The molecule has 2 aromatic rings. The Kier molecular flexibility index (Phi) is 6.22. The molecule has 2 aromatic carbocycles. The van der Waals surface area contributed by atoms with Gasteiger partial charge in [-0.15, -0.1) is 0 Å². The van der Waals surface area contributed by atoms with Crippen molar-refractivity contribution in [3.63, 3.8) is 0 Å². The van der Waals surface area contributed by atoms with Crippen molar-refractivity contribution in [2.75, 3.05) is 33.3 Å². The maximum Gasteiger partial charge on any atom is 0.416 e. The number of nitrogens with zero attached hydrogens (tertiary/aromatic N) is 1. The minimum atomic E-state index is -4.35. The van der Waals surface area contributed by atoms with Crippen molar-refractivity contribution in [2.24, 2.45) is 0 Å². The van der Waals surface area contributed by atoms with Crippen LogP contribution >= 0.6 is 0 Å². The van der Waals surface area contributed by atoms with Gasteiger partial charge in [0, 0.05) is 11.1 Å². The van der Waals surface area contributed by atoms with Crippen molar-refractivity contribution < 1.29 is 32.4 Å². The molecule has 1 fully saturated rings. The highest BCUT2D eigenvalue weighted by atomic mass is 19.4. The standard InChI is InChI=1S/C21H21F3N2O3/c1-29-20(28)17-7-5-16(6-8-17)19(27)26-11-9-25(10-12-26)14-15-3-2-4-18(13-15)21(22,23)24/h2-8,13H,9-12,14H2,1H3/p+1. The lowest BCUT2D eigenvalue weighted by Crippen LogP contribution is -3.13. The predicted molar refractivity (Wildman–Crippen MR) is 99.5 cm³/mol. The number of esters is 1. The quantitative estimate of drug-likeness (QED) is 0.790. The van der Waals surface area contributed by atoms with E-state index in [0.29, 0.717) is 49.4 Å². The second-order valence-electron chi connectivity index (χ2n) is 6.99. The van der Waals surface area contributed by atoms with Gasteiger partial charge in [0.2, 0.25) is 0 Å². The largest absolute Gasteiger partial charge is 0.465 e. The molecule has 0 saturated carbocycles. The van der Waals surface area contributed by atoms with E-state index in [-0.39, 0.29) is 5.91 Å². The number of halogens is 3. The highest BCUT2D eigenvalue weighted by molar-refractivity contribution is 5.96. The van der Waals surface area contributed by atoms with Crippen LogP contribution in [0.25, 0.3) is 0 Å². The molecule has 8 heteroatoms. The monoisotopic (exact) mass is 407 g/mol. The van der Waals surface area contributed by atoms with E-state index < -0.39 is 17.7 Å². The number of carbonyl (C=O) groups excluding carboxylic acids is 2. The van der Waals surface area contributed by atoms with Crippen molar-refractivity contribution in [1.82, 2.24) is 4.90 Å². The maximum absolute atomic E-state index is 12.9. The van der Waals surface area contributed by atoms with Crippen molar-refractivity contribution in [3.05, 3.63) is 70.8 Å². The second-order valence-corrected chi connectivity index (χ2v) is 6.99. The van der Waals surface area contributed by atoms with Crippen LogP contribution in [-0.4, -0.2) is 50.1 Å². The number of amides is 1. The molecule has 1 N–H and O–H groups in total. The van der Waals surface area contributed by atoms with Gasteiger partial charge in [-0.25, -0.2) is 4.79 Å². The lowest BCUT2D eigenvalue weighted by molar-refractivity contribution is -0.917. The normalized spacial score (nSPS) is 15.2. The molecular weight excluding hydrogens is 385 g/mol.